The highest BCUT2D eigenvalue weighted by molar-refractivity contribution is 8.00. The van der Waals surface area contributed by atoms with Crippen LogP contribution in [0.25, 0.3) is 0 Å². The molecule has 1 rings (SSSR count). The standard InChI is InChI=1S/C10H19NOS/c1-4-5-9(12)11-6-7-13-10(2,3)8-11/h4-8H2,1-3H3. The minimum atomic E-state index is 0.252. The SMILES string of the molecule is CCCC(=O)N1CCSC(C)(C)C1. The van der Waals surface area contributed by atoms with Gasteiger partial charge in [-0.05, 0) is 20.3 Å². The molecule has 0 spiro atoms. The summed E-state index contributed by atoms with van der Waals surface area (Å²) in [6.45, 7) is 8.33. The van der Waals surface area contributed by atoms with Crippen molar-refractivity contribution in [2.75, 3.05) is 18.8 Å². The van der Waals surface area contributed by atoms with Crippen molar-refractivity contribution in [2.24, 2.45) is 0 Å². The summed E-state index contributed by atoms with van der Waals surface area (Å²) in [4.78, 5) is 13.6. The Morgan fingerprint density at radius 2 is 2.23 bits per heavy atom. The predicted molar refractivity (Wildman–Crippen MR) is 58.0 cm³/mol. The van der Waals surface area contributed by atoms with Crippen LogP contribution < -0.4 is 0 Å². The van der Waals surface area contributed by atoms with Crippen LogP contribution in [0, 0.1) is 0 Å². The molecule has 1 saturated heterocycles. The topological polar surface area (TPSA) is 20.3 Å². The largest absolute Gasteiger partial charge is 0.341 e. The fraction of sp³-hybridized carbons (Fsp3) is 0.900. The third-order valence-electron chi connectivity index (χ3n) is 2.24. The summed E-state index contributed by atoms with van der Waals surface area (Å²) < 4.78 is 0.252. The quantitative estimate of drug-likeness (QED) is 0.682. The van der Waals surface area contributed by atoms with E-state index in [0.29, 0.717) is 12.3 Å². The van der Waals surface area contributed by atoms with Gasteiger partial charge >= 0.3 is 0 Å². The van der Waals surface area contributed by atoms with Gasteiger partial charge in [0.2, 0.25) is 5.91 Å². The Labute approximate surface area is 85.1 Å². The van der Waals surface area contributed by atoms with E-state index < -0.39 is 0 Å². The number of carbonyl (C=O) groups excluding carboxylic acids is 1. The molecule has 1 heterocycles. The Morgan fingerprint density at radius 1 is 1.54 bits per heavy atom. The van der Waals surface area contributed by atoms with Crippen LogP contribution in [0.3, 0.4) is 0 Å². The molecule has 1 fully saturated rings. The van der Waals surface area contributed by atoms with E-state index in [2.05, 4.69) is 20.8 Å². The van der Waals surface area contributed by atoms with Crippen molar-refractivity contribution < 1.29 is 4.79 Å². The van der Waals surface area contributed by atoms with Crippen LogP contribution in [0.15, 0.2) is 0 Å². The van der Waals surface area contributed by atoms with E-state index in [0.717, 1.165) is 25.3 Å². The van der Waals surface area contributed by atoms with Crippen molar-refractivity contribution in [2.45, 2.75) is 38.4 Å². The molecule has 0 saturated carbocycles. The lowest BCUT2D eigenvalue weighted by atomic mass is 10.1. The summed E-state index contributed by atoms with van der Waals surface area (Å²) in [5, 5.41) is 0. The number of hydrogen-bond acceptors (Lipinski definition) is 2. The van der Waals surface area contributed by atoms with Crippen molar-refractivity contribution in [1.29, 1.82) is 0 Å². The number of nitrogens with zero attached hydrogens (tertiary/aromatic N) is 1. The Hall–Kier alpha value is -0.180. The van der Waals surface area contributed by atoms with Crippen molar-refractivity contribution in [3.05, 3.63) is 0 Å². The van der Waals surface area contributed by atoms with E-state index in [9.17, 15) is 4.79 Å². The van der Waals surface area contributed by atoms with E-state index in [1.54, 1.807) is 0 Å². The molecule has 13 heavy (non-hydrogen) atoms. The molecule has 0 aromatic carbocycles. The third kappa shape index (κ3) is 3.22. The van der Waals surface area contributed by atoms with Crippen LogP contribution in [-0.4, -0.2) is 34.4 Å². The minimum absolute atomic E-state index is 0.252. The maximum Gasteiger partial charge on any atom is 0.222 e. The van der Waals surface area contributed by atoms with Crippen LogP contribution in [0.4, 0.5) is 0 Å². The molecule has 76 valence electrons. The normalized spacial score (nSPS) is 21.6. The first-order valence-corrected chi connectivity index (χ1v) is 5.95. The van der Waals surface area contributed by atoms with Crippen LogP contribution in [0.1, 0.15) is 33.6 Å². The van der Waals surface area contributed by atoms with Gasteiger partial charge in [0.05, 0.1) is 0 Å². The zero-order chi connectivity index (χ0) is 9.90. The van der Waals surface area contributed by atoms with Gasteiger partial charge in [0.25, 0.3) is 0 Å². The number of thioether (sulfide) groups is 1. The average Bonchev–Trinajstić information content (AvgIpc) is 2.03. The molecular weight excluding hydrogens is 182 g/mol. The summed E-state index contributed by atoms with van der Waals surface area (Å²) in [6.07, 6.45) is 1.67. The van der Waals surface area contributed by atoms with E-state index in [-0.39, 0.29) is 4.75 Å². The fourth-order valence-corrected chi connectivity index (χ4v) is 2.71. The average molecular weight is 201 g/mol. The van der Waals surface area contributed by atoms with Crippen molar-refractivity contribution in [3.8, 4) is 0 Å². The Bertz CT molecular complexity index is 191. The lowest BCUT2D eigenvalue weighted by Crippen LogP contribution is -2.46. The molecule has 0 aromatic rings. The number of rotatable bonds is 2. The minimum Gasteiger partial charge on any atom is -0.341 e. The van der Waals surface area contributed by atoms with Crippen molar-refractivity contribution in [1.82, 2.24) is 4.90 Å². The Morgan fingerprint density at radius 3 is 2.77 bits per heavy atom. The molecule has 0 unspecified atom stereocenters. The molecule has 0 bridgehead atoms. The van der Waals surface area contributed by atoms with E-state index >= 15 is 0 Å². The van der Waals surface area contributed by atoms with Gasteiger partial charge in [-0.15, -0.1) is 0 Å². The zero-order valence-electron chi connectivity index (χ0n) is 8.80. The molecule has 1 aliphatic rings. The summed E-state index contributed by atoms with van der Waals surface area (Å²) in [5.74, 6) is 1.42. The van der Waals surface area contributed by atoms with Gasteiger partial charge in [-0.1, -0.05) is 6.92 Å². The van der Waals surface area contributed by atoms with Gasteiger partial charge in [-0.2, -0.15) is 11.8 Å². The molecule has 0 atom stereocenters. The van der Waals surface area contributed by atoms with Crippen molar-refractivity contribution in [3.63, 3.8) is 0 Å². The number of carbonyl (C=O) groups is 1. The molecule has 0 aromatic heterocycles. The molecule has 0 radical (unpaired) electrons. The highest BCUT2D eigenvalue weighted by atomic mass is 32.2. The summed E-state index contributed by atoms with van der Waals surface area (Å²) in [5.41, 5.74) is 0. The van der Waals surface area contributed by atoms with Crippen LogP contribution in [-0.2, 0) is 4.79 Å². The summed E-state index contributed by atoms with van der Waals surface area (Å²) >= 11 is 1.97. The zero-order valence-corrected chi connectivity index (χ0v) is 9.62. The van der Waals surface area contributed by atoms with Crippen LogP contribution in [0.2, 0.25) is 0 Å². The van der Waals surface area contributed by atoms with Crippen LogP contribution >= 0.6 is 11.8 Å². The Balaban J connectivity index is 2.47. The monoisotopic (exact) mass is 201 g/mol. The number of amides is 1. The Kier molecular flexibility index (Phi) is 3.65. The summed E-state index contributed by atoms with van der Waals surface area (Å²) in [7, 11) is 0. The maximum atomic E-state index is 11.6. The lowest BCUT2D eigenvalue weighted by molar-refractivity contribution is -0.131. The molecule has 1 amide bonds. The second kappa shape index (κ2) is 4.36. The highest BCUT2D eigenvalue weighted by Crippen LogP contribution is 2.29. The van der Waals surface area contributed by atoms with E-state index in [1.807, 2.05) is 16.7 Å². The van der Waals surface area contributed by atoms with Gasteiger partial charge in [0, 0.05) is 30.0 Å². The molecule has 0 aliphatic carbocycles. The predicted octanol–water partition coefficient (Wildman–Crippen LogP) is 2.14. The second-order valence-corrected chi connectivity index (χ2v) is 5.98. The first kappa shape index (κ1) is 10.9. The van der Waals surface area contributed by atoms with E-state index in [4.69, 9.17) is 0 Å². The molecule has 1 aliphatic heterocycles. The fourth-order valence-electron chi connectivity index (χ4n) is 1.60. The second-order valence-electron chi connectivity index (χ2n) is 4.17. The molecular formula is C10H19NOS. The van der Waals surface area contributed by atoms with Gasteiger partial charge in [-0.3, -0.25) is 4.79 Å². The lowest BCUT2D eigenvalue weighted by Gasteiger charge is -2.37. The molecule has 2 nitrogen and oxygen atoms in total. The van der Waals surface area contributed by atoms with Crippen molar-refractivity contribution >= 4 is 17.7 Å². The van der Waals surface area contributed by atoms with E-state index in [1.165, 1.54) is 0 Å². The maximum absolute atomic E-state index is 11.6. The molecule has 3 heteroatoms. The first-order chi connectivity index (χ1) is 6.05. The first-order valence-electron chi connectivity index (χ1n) is 4.97. The highest BCUT2D eigenvalue weighted by Gasteiger charge is 2.28. The smallest absolute Gasteiger partial charge is 0.222 e. The summed E-state index contributed by atoms with van der Waals surface area (Å²) in [6, 6.07) is 0. The van der Waals surface area contributed by atoms with Gasteiger partial charge < -0.3 is 4.90 Å². The van der Waals surface area contributed by atoms with Gasteiger partial charge in [-0.25, -0.2) is 0 Å². The van der Waals surface area contributed by atoms with Gasteiger partial charge in [0.1, 0.15) is 0 Å². The van der Waals surface area contributed by atoms with Gasteiger partial charge in [0.15, 0.2) is 0 Å². The molecule has 0 N–H and O–H groups in total. The third-order valence-corrected chi connectivity index (χ3v) is 3.54. The number of hydrogen-bond donors (Lipinski definition) is 0. The van der Waals surface area contributed by atoms with Crippen LogP contribution in [0.5, 0.6) is 0 Å².